The minimum absolute atomic E-state index is 0.212. The Morgan fingerprint density at radius 3 is 2.43 bits per heavy atom. The molecule has 1 aromatic heterocycles. The highest BCUT2D eigenvalue weighted by Crippen LogP contribution is 2.23. The molecule has 0 aliphatic rings. The Hall–Kier alpha value is -2.15. The normalized spacial score (nSPS) is 13.1. The van der Waals surface area contributed by atoms with E-state index in [1.165, 1.54) is 12.1 Å². The van der Waals surface area contributed by atoms with E-state index in [-0.39, 0.29) is 11.8 Å². The second-order valence-electron chi connectivity index (χ2n) is 5.36. The van der Waals surface area contributed by atoms with Crippen molar-refractivity contribution in [1.29, 1.82) is 0 Å². The first-order valence-corrected chi connectivity index (χ1v) is 7.13. The molecule has 0 aliphatic carbocycles. The number of benzene rings is 1. The summed E-state index contributed by atoms with van der Waals surface area (Å²) >= 11 is 0. The lowest BCUT2D eigenvalue weighted by atomic mass is 10.1. The van der Waals surface area contributed by atoms with Crippen molar-refractivity contribution in [1.82, 2.24) is 14.9 Å². The third kappa shape index (κ3) is 5.86. The van der Waals surface area contributed by atoms with E-state index in [9.17, 15) is 13.2 Å². The predicted molar refractivity (Wildman–Crippen MR) is 79.8 cm³/mol. The van der Waals surface area contributed by atoms with Crippen molar-refractivity contribution < 1.29 is 17.9 Å². The maximum Gasteiger partial charge on any atom is 0.573 e. The summed E-state index contributed by atoms with van der Waals surface area (Å²) in [7, 11) is 1.96. The van der Waals surface area contributed by atoms with Gasteiger partial charge in [-0.3, -0.25) is 14.9 Å². The third-order valence-electron chi connectivity index (χ3n) is 3.46. The lowest BCUT2D eigenvalue weighted by molar-refractivity contribution is -0.274. The Kier molecular flexibility index (Phi) is 5.54. The molecule has 4 nitrogen and oxygen atoms in total. The Morgan fingerprint density at radius 2 is 1.87 bits per heavy atom. The van der Waals surface area contributed by atoms with E-state index in [2.05, 4.69) is 26.5 Å². The van der Waals surface area contributed by atoms with Crippen LogP contribution in [0.25, 0.3) is 0 Å². The van der Waals surface area contributed by atoms with Gasteiger partial charge in [-0.2, -0.15) is 0 Å². The van der Waals surface area contributed by atoms with E-state index >= 15 is 0 Å². The highest BCUT2D eigenvalue weighted by Gasteiger charge is 2.30. The van der Waals surface area contributed by atoms with Crippen LogP contribution in [-0.4, -0.2) is 34.3 Å². The molecule has 2 rings (SSSR count). The van der Waals surface area contributed by atoms with Crippen LogP contribution in [0.3, 0.4) is 0 Å². The van der Waals surface area contributed by atoms with Crippen LogP contribution in [0.2, 0.25) is 0 Å². The average molecular weight is 325 g/mol. The molecule has 1 aromatic carbocycles. The summed E-state index contributed by atoms with van der Waals surface area (Å²) < 4.78 is 40.2. The molecule has 1 heterocycles. The van der Waals surface area contributed by atoms with Gasteiger partial charge in [0, 0.05) is 37.6 Å². The molecule has 23 heavy (non-hydrogen) atoms. The lowest BCUT2D eigenvalue weighted by Gasteiger charge is -2.24. The molecule has 0 radical (unpaired) electrons. The van der Waals surface area contributed by atoms with Gasteiger partial charge in [0.1, 0.15) is 5.75 Å². The summed E-state index contributed by atoms with van der Waals surface area (Å²) in [5.41, 5.74) is 1.81. The van der Waals surface area contributed by atoms with Crippen LogP contribution in [0.5, 0.6) is 5.75 Å². The van der Waals surface area contributed by atoms with Crippen LogP contribution in [0.15, 0.2) is 42.9 Å². The van der Waals surface area contributed by atoms with Gasteiger partial charge >= 0.3 is 6.36 Å². The molecule has 124 valence electrons. The molecule has 0 N–H and O–H groups in total. The van der Waals surface area contributed by atoms with Crippen LogP contribution in [0, 0.1) is 0 Å². The van der Waals surface area contributed by atoms with Crippen LogP contribution in [0.4, 0.5) is 13.2 Å². The van der Waals surface area contributed by atoms with Crippen LogP contribution in [-0.2, 0) is 13.0 Å². The summed E-state index contributed by atoms with van der Waals surface area (Å²) in [6.07, 6.45) is 1.10. The number of hydrogen-bond acceptors (Lipinski definition) is 4. The number of aromatic nitrogens is 2. The minimum Gasteiger partial charge on any atom is -0.406 e. The first-order valence-electron chi connectivity index (χ1n) is 7.13. The summed E-state index contributed by atoms with van der Waals surface area (Å²) in [5, 5.41) is 0. The van der Waals surface area contributed by atoms with E-state index in [0.29, 0.717) is 6.54 Å². The van der Waals surface area contributed by atoms with Gasteiger partial charge in [0.2, 0.25) is 0 Å². The zero-order valence-corrected chi connectivity index (χ0v) is 12.9. The van der Waals surface area contributed by atoms with Crippen molar-refractivity contribution in [2.45, 2.75) is 32.3 Å². The van der Waals surface area contributed by atoms with Crippen molar-refractivity contribution >= 4 is 0 Å². The van der Waals surface area contributed by atoms with E-state index in [0.717, 1.165) is 17.7 Å². The number of halogens is 3. The van der Waals surface area contributed by atoms with E-state index in [4.69, 9.17) is 0 Å². The molecule has 0 fully saturated rings. The van der Waals surface area contributed by atoms with E-state index in [1.54, 1.807) is 30.7 Å². The Morgan fingerprint density at radius 1 is 1.17 bits per heavy atom. The Balaban J connectivity index is 1.90. The molecule has 0 saturated heterocycles. The predicted octanol–water partition coefficient (Wildman–Crippen LogP) is 3.44. The molecule has 7 heteroatoms. The first-order chi connectivity index (χ1) is 10.8. The van der Waals surface area contributed by atoms with Gasteiger partial charge in [-0.1, -0.05) is 12.1 Å². The molecule has 0 bridgehead atoms. The molecule has 0 spiro atoms. The quantitative estimate of drug-likeness (QED) is 0.815. The number of hydrogen-bond donors (Lipinski definition) is 0. The van der Waals surface area contributed by atoms with E-state index < -0.39 is 6.36 Å². The number of alkyl halides is 3. The average Bonchev–Trinajstić information content (AvgIpc) is 2.48. The molecular weight excluding hydrogens is 307 g/mol. The fourth-order valence-electron chi connectivity index (χ4n) is 2.13. The standard InChI is InChI=1S/C16H18F3N3O/c1-12(9-14-10-20-7-8-21-14)22(2)11-13-3-5-15(6-4-13)23-16(17,18)19/h3-8,10,12H,9,11H2,1-2H3/t12-/m1/s1. The molecule has 0 unspecified atom stereocenters. The Labute approximate surface area is 132 Å². The van der Waals surface area contributed by atoms with Gasteiger partial charge in [0.05, 0.1) is 5.69 Å². The van der Waals surface area contributed by atoms with Gasteiger partial charge in [-0.05, 0) is 31.7 Å². The summed E-state index contributed by atoms with van der Waals surface area (Å²) in [5.74, 6) is -0.212. The van der Waals surface area contributed by atoms with Gasteiger partial charge in [0.15, 0.2) is 0 Å². The zero-order chi connectivity index (χ0) is 16.9. The minimum atomic E-state index is -4.66. The molecule has 1 atom stereocenters. The van der Waals surface area contributed by atoms with Crippen LogP contribution in [0.1, 0.15) is 18.2 Å². The van der Waals surface area contributed by atoms with Crippen molar-refractivity contribution in [2.24, 2.45) is 0 Å². The smallest absolute Gasteiger partial charge is 0.406 e. The third-order valence-corrected chi connectivity index (χ3v) is 3.46. The topological polar surface area (TPSA) is 38.2 Å². The van der Waals surface area contributed by atoms with Crippen molar-refractivity contribution in [2.75, 3.05) is 7.05 Å². The maximum atomic E-state index is 12.1. The number of rotatable bonds is 6. The second kappa shape index (κ2) is 7.41. The SMILES string of the molecule is C[C@H](Cc1cnccn1)N(C)Cc1ccc(OC(F)(F)F)cc1. The van der Waals surface area contributed by atoms with Gasteiger partial charge in [-0.15, -0.1) is 13.2 Å². The van der Waals surface area contributed by atoms with Gasteiger partial charge < -0.3 is 4.74 Å². The van der Waals surface area contributed by atoms with Crippen molar-refractivity contribution in [3.63, 3.8) is 0 Å². The van der Waals surface area contributed by atoms with Crippen molar-refractivity contribution in [3.05, 3.63) is 54.1 Å². The molecule has 0 saturated carbocycles. The highest BCUT2D eigenvalue weighted by atomic mass is 19.4. The molecule has 0 amide bonds. The molecule has 2 aromatic rings. The molecular formula is C16H18F3N3O. The van der Waals surface area contributed by atoms with Crippen LogP contribution < -0.4 is 4.74 Å². The first kappa shape index (κ1) is 17.2. The monoisotopic (exact) mass is 325 g/mol. The van der Waals surface area contributed by atoms with Gasteiger partial charge in [-0.25, -0.2) is 0 Å². The largest absolute Gasteiger partial charge is 0.573 e. The fraction of sp³-hybridized carbons (Fsp3) is 0.375. The summed E-state index contributed by atoms with van der Waals surface area (Å²) in [4.78, 5) is 10.4. The lowest BCUT2D eigenvalue weighted by Crippen LogP contribution is -2.30. The summed E-state index contributed by atoms with van der Waals surface area (Å²) in [6, 6.07) is 6.13. The number of likely N-dealkylation sites (N-methyl/N-ethyl adjacent to an activating group) is 1. The van der Waals surface area contributed by atoms with Crippen molar-refractivity contribution in [3.8, 4) is 5.75 Å². The number of ether oxygens (including phenoxy) is 1. The summed E-state index contributed by atoms with van der Waals surface area (Å²) in [6.45, 7) is 2.68. The zero-order valence-electron chi connectivity index (χ0n) is 12.9. The number of nitrogens with zero attached hydrogens (tertiary/aromatic N) is 3. The van der Waals surface area contributed by atoms with Gasteiger partial charge in [0.25, 0.3) is 0 Å². The molecule has 0 aliphatic heterocycles. The van der Waals surface area contributed by atoms with Crippen LogP contribution >= 0.6 is 0 Å². The fourth-order valence-corrected chi connectivity index (χ4v) is 2.13. The second-order valence-corrected chi connectivity index (χ2v) is 5.36. The maximum absolute atomic E-state index is 12.1. The Bertz CT molecular complexity index is 602. The highest BCUT2D eigenvalue weighted by molar-refractivity contribution is 5.27. The van der Waals surface area contributed by atoms with E-state index in [1.807, 2.05) is 7.05 Å².